The number of hydrogen-bond acceptors (Lipinski definition) is 3. The molecule has 4 N–H and O–H groups in total. The Labute approximate surface area is 137 Å². The van der Waals surface area contributed by atoms with Gasteiger partial charge in [-0.05, 0) is 30.7 Å². The summed E-state index contributed by atoms with van der Waals surface area (Å²) in [7, 11) is 0. The molecule has 2 aromatic rings. The molecule has 0 unspecified atom stereocenters. The Bertz CT molecular complexity index is 753. The fourth-order valence-corrected chi connectivity index (χ4v) is 2.21. The van der Waals surface area contributed by atoms with Crippen molar-refractivity contribution in [2.24, 2.45) is 11.5 Å². The van der Waals surface area contributed by atoms with Gasteiger partial charge in [0.1, 0.15) is 11.6 Å². The predicted octanol–water partition coefficient (Wildman–Crippen LogP) is 3.92. The van der Waals surface area contributed by atoms with Crippen LogP contribution in [0, 0.1) is 11.6 Å². The van der Waals surface area contributed by atoms with Crippen LogP contribution >= 0.6 is 11.6 Å². The van der Waals surface area contributed by atoms with Crippen molar-refractivity contribution in [3.05, 3.63) is 58.1 Å². The van der Waals surface area contributed by atoms with Crippen LogP contribution in [0.2, 0.25) is 5.02 Å². The van der Waals surface area contributed by atoms with E-state index >= 15 is 0 Å². The molecule has 0 fully saturated rings. The smallest absolute Gasteiger partial charge is 0.251 e. The van der Waals surface area contributed by atoms with Crippen LogP contribution in [0.25, 0.3) is 0 Å². The Hall–Kier alpha value is -2.18. The summed E-state index contributed by atoms with van der Waals surface area (Å²) in [4.78, 5) is 11.2. The molecule has 0 saturated carbocycles. The highest BCUT2D eigenvalue weighted by Gasteiger charge is 2.19. The number of primary amides is 1. The molecular formula is C16H15ClF2N2O2. The summed E-state index contributed by atoms with van der Waals surface area (Å²) in [5, 5.41) is 0.0273. The summed E-state index contributed by atoms with van der Waals surface area (Å²) in [6, 6.07) is 5.76. The van der Waals surface area contributed by atoms with Gasteiger partial charge in [0, 0.05) is 11.6 Å². The van der Waals surface area contributed by atoms with Crippen LogP contribution in [-0.2, 0) is 0 Å². The van der Waals surface area contributed by atoms with Crippen molar-refractivity contribution in [2.75, 3.05) is 0 Å². The molecule has 2 aromatic carbocycles. The summed E-state index contributed by atoms with van der Waals surface area (Å²) < 4.78 is 33.4. The predicted molar refractivity (Wildman–Crippen MR) is 83.6 cm³/mol. The van der Waals surface area contributed by atoms with E-state index in [-0.39, 0.29) is 27.6 Å². The third kappa shape index (κ3) is 3.60. The number of rotatable bonds is 5. The number of ether oxygens (including phenoxy) is 1. The zero-order chi connectivity index (χ0) is 17.1. The van der Waals surface area contributed by atoms with E-state index in [1.807, 2.05) is 6.92 Å². The van der Waals surface area contributed by atoms with Crippen molar-refractivity contribution in [2.45, 2.75) is 19.4 Å². The Kier molecular flexibility index (Phi) is 5.18. The van der Waals surface area contributed by atoms with Gasteiger partial charge in [0.2, 0.25) is 0 Å². The average Bonchev–Trinajstić information content (AvgIpc) is 2.52. The molecular weight excluding hydrogens is 326 g/mol. The molecule has 0 bridgehead atoms. The molecule has 0 aliphatic heterocycles. The molecule has 23 heavy (non-hydrogen) atoms. The largest absolute Gasteiger partial charge is 0.453 e. The fraction of sp³-hybridized carbons (Fsp3) is 0.188. The van der Waals surface area contributed by atoms with Crippen LogP contribution in [-0.4, -0.2) is 5.91 Å². The molecule has 1 atom stereocenters. The van der Waals surface area contributed by atoms with Crippen LogP contribution < -0.4 is 16.2 Å². The van der Waals surface area contributed by atoms with Gasteiger partial charge >= 0.3 is 0 Å². The van der Waals surface area contributed by atoms with Crippen molar-refractivity contribution in [1.82, 2.24) is 0 Å². The second-order valence-corrected chi connectivity index (χ2v) is 5.31. The van der Waals surface area contributed by atoms with Gasteiger partial charge in [-0.15, -0.1) is 0 Å². The molecule has 4 nitrogen and oxygen atoms in total. The van der Waals surface area contributed by atoms with E-state index in [0.717, 1.165) is 12.1 Å². The Morgan fingerprint density at radius 2 is 2.00 bits per heavy atom. The van der Waals surface area contributed by atoms with Crippen LogP contribution in [0.4, 0.5) is 8.78 Å². The minimum absolute atomic E-state index is 0.0273. The number of amides is 1. The summed E-state index contributed by atoms with van der Waals surface area (Å²) in [5.41, 5.74) is 10.8. The van der Waals surface area contributed by atoms with E-state index in [9.17, 15) is 13.6 Å². The minimum atomic E-state index is -0.957. The second kappa shape index (κ2) is 6.93. The first-order chi connectivity index (χ1) is 10.8. The van der Waals surface area contributed by atoms with Crippen LogP contribution in [0.15, 0.2) is 30.3 Å². The van der Waals surface area contributed by atoms with Crippen LogP contribution in [0.1, 0.15) is 35.3 Å². The maximum Gasteiger partial charge on any atom is 0.251 e. The quantitative estimate of drug-likeness (QED) is 0.865. The number of benzene rings is 2. The third-order valence-corrected chi connectivity index (χ3v) is 3.64. The lowest BCUT2D eigenvalue weighted by atomic mass is 10.0. The molecule has 0 aliphatic rings. The SMILES string of the molecule is CC[C@@H](N)c1ccc(Cl)c(Oc2ccc(F)c(C(N)=O)c2)c1F. The first-order valence-electron chi connectivity index (χ1n) is 6.85. The highest BCUT2D eigenvalue weighted by molar-refractivity contribution is 6.32. The van der Waals surface area contributed by atoms with Gasteiger partial charge in [-0.2, -0.15) is 0 Å². The van der Waals surface area contributed by atoms with Crippen molar-refractivity contribution < 1.29 is 18.3 Å². The van der Waals surface area contributed by atoms with Crippen LogP contribution in [0.5, 0.6) is 11.5 Å². The van der Waals surface area contributed by atoms with Crippen molar-refractivity contribution in [3.8, 4) is 11.5 Å². The number of hydrogen-bond donors (Lipinski definition) is 2. The van der Waals surface area contributed by atoms with E-state index in [1.54, 1.807) is 0 Å². The van der Waals surface area contributed by atoms with E-state index in [2.05, 4.69) is 0 Å². The van der Waals surface area contributed by atoms with Gasteiger partial charge in [0.05, 0.1) is 10.6 Å². The van der Waals surface area contributed by atoms with E-state index < -0.39 is 23.6 Å². The molecule has 0 aromatic heterocycles. The summed E-state index contributed by atoms with van der Waals surface area (Å²) in [5.74, 6) is -2.66. The lowest BCUT2D eigenvalue weighted by Gasteiger charge is -2.15. The number of carbonyl (C=O) groups is 1. The van der Waals surface area contributed by atoms with Gasteiger partial charge in [0.15, 0.2) is 11.6 Å². The van der Waals surface area contributed by atoms with Crippen molar-refractivity contribution in [1.29, 1.82) is 0 Å². The van der Waals surface area contributed by atoms with Gasteiger partial charge in [0.25, 0.3) is 5.91 Å². The van der Waals surface area contributed by atoms with Crippen molar-refractivity contribution >= 4 is 17.5 Å². The van der Waals surface area contributed by atoms with Gasteiger partial charge < -0.3 is 16.2 Å². The Morgan fingerprint density at radius 1 is 1.30 bits per heavy atom. The second-order valence-electron chi connectivity index (χ2n) is 4.90. The zero-order valence-corrected chi connectivity index (χ0v) is 13.0. The fourth-order valence-electron chi connectivity index (χ4n) is 2.02. The summed E-state index contributed by atoms with van der Waals surface area (Å²) in [6.07, 6.45) is 0.528. The lowest BCUT2D eigenvalue weighted by molar-refractivity contribution is 0.0996. The van der Waals surface area contributed by atoms with Gasteiger partial charge in [-0.25, -0.2) is 8.78 Å². The Morgan fingerprint density at radius 3 is 2.61 bits per heavy atom. The highest BCUT2D eigenvalue weighted by atomic mass is 35.5. The van der Waals surface area contributed by atoms with Gasteiger partial charge in [-0.3, -0.25) is 4.79 Å². The lowest BCUT2D eigenvalue weighted by Crippen LogP contribution is -2.13. The first kappa shape index (κ1) is 17.2. The van der Waals surface area contributed by atoms with E-state index in [4.69, 9.17) is 27.8 Å². The van der Waals surface area contributed by atoms with E-state index in [1.165, 1.54) is 18.2 Å². The average molecular weight is 341 g/mol. The summed E-state index contributed by atoms with van der Waals surface area (Å²) >= 11 is 5.96. The topological polar surface area (TPSA) is 78.3 Å². The molecule has 0 spiro atoms. The first-order valence-corrected chi connectivity index (χ1v) is 7.23. The van der Waals surface area contributed by atoms with Gasteiger partial charge in [-0.1, -0.05) is 24.6 Å². The zero-order valence-electron chi connectivity index (χ0n) is 12.3. The molecule has 0 radical (unpaired) electrons. The normalized spacial score (nSPS) is 12.0. The minimum Gasteiger partial charge on any atom is -0.453 e. The van der Waals surface area contributed by atoms with E-state index in [0.29, 0.717) is 6.42 Å². The summed E-state index contributed by atoms with van der Waals surface area (Å²) in [6.45, 7) is 1.82. The highest BCUT2D eigenvalue weighted by Crippen LogP contribution is 2.36. The maximum atomic E-state index is 14.5. The number of nitrogens with two attached hydrogens (primary N) is 2. The molecule has 0 saturated heterocycles. The molecule has 0 aliphatic carbocycles. The molecule has 0 heterocycles. The Balaban J connectivity index is 2.44. The molecule has 122 valence electrons. The number of halogens is 3. The maximum absolute atomic E-state index is 14.5. The standard InChI is InChI=1S/C16H15ClF2N2O2/c1-2-13(20)9-4-5-11(17)15(14(9)19)23-8-3-6-12(18)10(7-8)16(21)22/h3-7,13H,2,20H2,1H3,(H2,21,22)/t13-/m1/s1. The number of carbonyl (C=O) groups excluding carboxylic acids is 1. The third-order valence-electron chi connectivity index (χ3n) is 3.34. The molecule has 7 heteroatoms. The van der Waals surface area contributed by atoms with Crippen LogP contribution in [0.3, 0.4) is 0 Å². The van der Waals surface area contributed by atoms with Crippen molar-refractivity contribution in [3.63, 3.8) is 0 Å². The monoisotopic (exact) mass is 340 g/mol. The molecule has 2 rings (SSSR count). The molecule has 1 amide bonds.